The summed E-state index contributed by atoms with van der Waals surface area (Å²) in [7, 11) is 10.3. The highest BCUT2D eigenvalue weighted by Crippen LogP contribution is 2.30. The maximum Gasteiger partial charge on any atom is 0.245 e. The van der Waals surface area contributed by atoms with E-state index in [1.54, 1.807) is 57.1 Å². The molecule has 49 heavy (non-hydrogen) atoms. The highest BCUT2D eigenvalue weighted by molar-refractivity contribution is 5.88. The number of nitrogens with zero attached hydrogens (tertiary/aromatic N) is 4. The minimum Gasteiger partial charge on any atom is -0.399 e. The predicted molar refractivity (Wildman–Crippen MR) is 194 cm³/mol. The number of nitrogens with one attached hydrogen (secondary N) is 1. The molecular formula is C37H64N6O6. The zero-order valence-corrected chi connectivity index (χ0v) is 31.9. The fourth-order valence-corrected chi connectivity index (χ4v) is 6.98. The second-order valence-electron chi connectivity index (χ2n) is 14.4. The van der Waals surface area contributed by atoms with Crippen LogP contribution in [-0.2, 0) is 35.1 Å². The van der Waals surface area contributed by atoms with Crippen LogP contribution in [0.2, 0.25) is 0 Å². The van der Waals surface area contributed by atoms with Crippen LogP contribution in [0.1, 0.15) is 65.9 Å². The molecule has 1 aliphatic heterocycles. The lowest BCUT2D eigenvalue weighted by molar-refractivity contribution is -0.149. The molecule has 2 rings (SSSR count). The van der Waals surface area contributed by atoms with Crippen LogP contribution in [0, 0.1) is 17.8 Å². The molecule has 0 aliphatic carbocycles. The molecule has 12 heteroatoms. The number of methoxy groups -OCH3 is 2. The third-order valence-corrected chi connectivity index (χ3v) is 10.0. The molecule has 0 bridgehead atoms. The molecule has 1 saturated heterocycles. The Morgan fingerprint density at radius 2 is 1.61 bits per heavy atom. The fourth-order valence-electron chi connectivity index (χ4n) is 6.98. The average molecular weight is 689 g/mol. The number of carbonyl (C=O) groups is 4. The van der Waals surface area contributed by atoms with Crippen LogP contribution in [0.25, 0.3) is 0 Å². The summed E-state index contributed by atoms with van der Waals surface area (Å²) in [6, 6.07) is 6.26. The first-order valence-corrected chi connectivity index (χ1v) is 17.7. The summed E-state index contributed by atoms with van der Waals surface area (Å²) >= 11 is 0. The molecule has 0 unspecified atom stereocenters. The fraction of sp³-hybridized carbons (Fsp3) is 0.730. The first kappa shape index (κ1) is 41.9. The van der Waals surface area contributed by atoms with E-state index >= 15 is 0 Å². The number of nitrogen functional groups attached to an aromatic ring is 1. The van der Waals surface area contributed by atoms with Gasteiger partial charge in [-0.05, 0) is 62.9 Å². The third kappa shape index (κ3) is 11.7. The summed E-state index contributed by atoms with van der Waals surface area (Å²) in [4.78, 5) is 61.2. The number of hydrogen-bond donors (Lipinski definition) is 2. The smallest absolute Gasteiger partial charge is 0.245 e. The number of rotatable bonds is 19. The molecule has 1 fully saturated rings. The van der Waals surface area contributed by atoms with E-state index in [0.717, 1.165) is 24.8 Å². The standard InChI is InChI=1S/C37H64N6O6/c1-12-25(4)34(42(9)37(47)33(24(2)3)39-31(44)23-40(6)7)30(48-10)22-32(45)43-20-13-14-29(43)35(49-11)26(5)36(46)41(8)21-19-27-15-17-28(38)18-16-27/h15-18,24-26,29-30,33-35H,12-14,19-23,38H2,1-11H3,(H,39,44)/t25-,26+,29-,30+,33-,34-,35+/m0/s1. The number of carbonyl (C=O) groups excluding carboxylic acids is 4. The van der Waals surface area contributed by atoms with Gasteiger partial charge in [0.15, 0.2) is 0 Å². The maximum absolute atomic E-state index is 14.1. The number of ether oxygens (including phenoxy) is 2. The first-order chi connectivity index (χ1) is 23.1. The van der Waals surface area contributed by atoms with Crippen LogP contribution >= 0.6 is 0 Å². The van der Waals surface area contributed by atoms with E-state index < -0.39 is 30.2 Å². The summed E-state index contributed by atoms with van der Waals surface area (Å²) in [6.45, 7) is 11.1. The van der Waals surface area contributed by atoms with Crippen molar-refractivity contribution in [2.75, 3.05) is 67.8 Å². The van der Waals surface area contributed by atoms with Gasteiger partial charge >= 0.3 is 0 Å². The van der Waals surface area contributed by atoms with E-state index in [1.807, 2.05) is 56.9 Å². The van der Waals surface area contributed by atoms with Crippen LogP contribution in [-0.4, -0.2) is 136 Å². The number of likely N-dealkylation sites (N-methyl/N-ethyl adjacent to an activating group) is 3. The zero-order chi connectivity index (χ0) is 37.0. The number of hydrogen-bond acceptors (Lipinski definition) is 8. The molecule has 3 N–H and O–H groups in total. The van der Waals surface area contributed by atoms with Crippen molar-refractivity contribution in [3.05, 3.63) is 29.8 Å². The molecule has 0 radical (unpaired) electrons. The molecule has 0 spiro atoms. The second-order valence-corrected chi connectivity index (χ2v) is 14.4. The van der Waals surface area contributed by atoms with Gasteiger partial charge in [-0.3, -0.25) is 19.2 Å². The molecule has 1 aromatic carbocycles. The minimum atomic E-state index is -0.716. The zero-order valence-electron chi connectivity index (χ0n) is 31.9. The van der Waals surface area contributed by atoms with Gasteiger partial charge in [-0.1, -0.05) is 53.2 Å². The molecule has 0 saturated carbocycles. The van der Waals surface area contributed by atoms with Crippen molar-refractivity contribution in [2.24, 2.45) is 17.8 Å². The Kier molecular flexibility index (Phi) is 17.0. The van der Waals surface area contributed by atoms with E-state index in [2.05, 4.69) is 12.2 Å². The van der Waals surface area contributed by atoms with Gasteiger partial charge in [-0.2, -0.15) is 0 Å². The lowest BCUT2D eigenvalue weighted by atomic mass is 9.89. The van der Waals surface area contributed by atoms with Crippen LogP contribution in [0.4, 0.5) is 5.69 Å². The summed E-state index contributed by atoms with van der Waals surface area (Å²) in [5, 5.41) is 2.92. The van der Waals surface area contributed by atoms with Gasteiger partial charge in [0.05, 0.1) is 43.2 Å². The summed E-state index contributed by atoms with van der Waals surface area (Å²) in [5.74, 6) is -1.16. The van der Waals surface area contributed by atoms with E-state index in [1.165, 1.54) is 0 Å². The van der Waals surface area contributed by atoms with Crippen molar-refractivity contribution in [1.29, 1.82) is 0 Å². The summed E-state index contributed by atoms with van der Waals surface area (Å²) < 4.78 is 11.9. The van der Waals surface area contributed by atoms with Crippen molar-refractivity contribution >= 4 is 29.3 Å². The topological polar surface area (TPSA) is 138 Å². The quantitative estimate of drug-likeness (QED) is 0.212. The first-order valence-electron chi connectivity index (χ1n) is 17.7. The van der Waals surface area contributed by atoms with Crippen LogP contribution < -0.4 is 11.1 Å². The van der Waals surface area contributed by atoms with E-state index in [-0.39, 0.29) is 54.5 Å². The Hall–Kier alpha value is -3.22. The predicted octanol–water partition coefficient (Wildman–Crippen LogP) is 2.89. The van der Waals surface area contributed by atoms with E-state index in [9.17, 15) is 19.2 Å². The molecule has 278 valence electrons. The maximum atomic E-state index is 14.1. The molecule has 4 amide bonds. The number of likely N-dealkylation sites (tertiary alicyclic amines) is 1. The van der Waals surface area contributed by atoms with Crippen molar-refractivity contribution in [3.8, 4) is 0 Å². The van der Waals surface area contributed by atoms with Gasteiger partial charge in [0.1, 0.15) is 6.04 Å². The SMILES string of the molecule is CC[C@H](C)[C@@H]([C@@H](CC(=O)N1CCC[C@H]1[C@H](OC)[C@@H](C)C(=O)N(C)CCc1ccc(N)cc1)OC)N(C)C(=O)[C@@H](NC(=O)CN(C)C)C(C)C. The summed E-state index contributed by atoms with van der Waals surface area (Å²) in [6.07, 6.45) is 2.00. The highest BCUT2D eigenvalue weighted by atomic mass is 16.5. The third-order valence-electron chi connectivity index (χ3n) is 10.0. The average Bonchev–Trinajstić information content (AvgIpc) is 3.55. The monoisotopic (exact) mass is 688 g/mol. The normalized spacial score (nSPS) is 18.5. The number of nitrogens with two attached hydrogens (primary N) is 1. The highest BCUT2D eigenvalue weighted by Gasteiger charge is 2.43. The Balaban J connectivity index is 2.20. The molecule has 12 nitrogen and oxygen atoms in total. The Labute approximate surface area is 295 Å². The molecule has 1 aliphatic rings. The Morgan fingerprint density at radius 3 is 2.14 bits per heavy atom. The van der Waals surface area contributed by atoms with Crippen LogP contribution in [0.5, 0.6) is 0 Å². The van der Waals surface area contributed by atoms with Gasteiger partial charge in [0, 0.05) is 47.1 Å². The van der Waals surface area contributed by atoms with Crippen LogP contribution in [0.3, 0.4) is 0 Å². The molecule has 0 aromatic heterocycles. The lowest BCUT2D eigenvalue weighted by Crippen LogP contribution is -2.58. The second kappa shape index (κ2) is 19.8. The van der Waals surface area contributed by atoms with Gasteiger partial charge in [0.2, 0.25) is 23.6 Å². The van der Waals surface area contributed by atoms with E-state index in [0.29, 0.717) is 25.2 Å². The van der Waals surface area contributed by atoms with Crippen molar-refractivity contribution in [3.63, 3.8) is 0 Å². The van der Waals surface area contributed by atoms with Crippen molar-refractivity contribution in [1.82, 2.24) is 24.9 Å². The molecule has 1 aromatic rings. The van der Waals surface area contributed by atoms with Crippen molar-refractivity contribution in [2.45, 2.75) is 97.1 Å². The minimum absolute atomic E-state index is 0.0134. The summed E-state index contributed by atoms with van der Waals surface area (Å²) in [5.41, 5.74) is 7.61. The van der Waals surface area contributed by atoms with Crippen LogP contribution in [0.15, 0.2) is 24.3 Å². The molecule has 1 heterocycles. The number of anilines is 1. The number of benzene rings is 1. The Bertz CT molecular complexity index is 1210. The largest absolute Gasteiger partial charge is 0.399 e. The van der Waals surface area contributed by atoms with Gasteiger partial charge < -0.3 is 40.1 Å². The van der Waals surface area contributed by atoms with E-state index in [4.69, 9.17) is 15.2 Å². The number of amides is 4. The van der Waals surface area contributed by atoms with Gasteiger partial charge in [-0.15, -0.1) is 0 Å². The van der Waals surface area contributed by atoms with Crippen molar-refractivity contribution < 1.29 is 28.7 Å². The lowest BCUT2D eigenvalue weighted by Gasteiger charge is -2.41. The van der Waals surface area contributed by atoms with Gasteiger partial charge in [-0.25, -0.2) is 0 Å². The van der Waals surface area contributed by atoms with Gasteiger partial charge in [0.25, 0.3) is 0 Å². The molecule has 7 atom stereocenters. The Morgan fingerprint density at radius 1 is 0.980 bits per heavy atom. The molecular weight excluding hydrogens is 624 g/mol.